The van der Waals surface area contributed by atoms with Crippen molar-refractivity contribution >= 4 is 21.8 Å². The van der Waals surface area contributed by atoms with E-state index in [1.165, 1.54) is 0 Å². The molecule has 0 aliphatic heterocycles. The van der Waals surface area contributed by atoms with Gasteiger partial charge in [0.25, 0.3) is 0 Å². The van der Waals surface area contributed by atoms with Crippen LogP contribution in [0, 0.1) is 14.2 Å². The van der Waals surface area contributed by atoms with Crippen molar-refractivity contribution in [2.24, 2.45) is 0 Å². The minimum absolute atomic E-state index is 0.383. The maximum absolute atomic E-state index is 4.89. The molecule has 0 aliphatic carbocycles. The standard InChI is InChI=1S/C16H14N2O2/c1-19-9-13-7-5-11-3-4-12-6-8-14(10-20-2)18-16(12)15(11)17-13/h3-8H,1-2,9-10H2. The summed E-state index contributed by atoms with van der Waals surface area (Å²) in [6.45, 7) is 0.766. The molecule has 0 amide bonds. The molecule has 0 unspecified atom stereocenters. The van der Waals surface area contributed by atoms with Crippen molar-refractivity contribution in [3.05, 3.63) is 62.0 Å². The molecule has 4 heteroatoms. The lowest BCUT2D eigenvalue weighted by Crippen LogP contribution is -1.95. The number of rotatable bonds is 4. The predicted molar refractivity (Wildman–Crippen MR) is 77.3 cm³/mol. The normalized spacial score (nSPS) is 11.3. The molecule has 3 rings (SSSR count). The number of hydrogen-bond acceptors (Lipinski definition) is 4. The number of fused-ring (bicyclic) bond motifs is 3. The zero-order valence-corrected chi connectivity index (χ0v) is 11.0. The van der Waals surface area contributed by atoms with E-state index in [1.807, 2.05) is 36.4 Å². The highest BCUT2D eigenvalue weighted by molar-refractivity contribution is 6.02. The highest BCUT2D eigenvalue weighted by Gasteiger charge is 2.06. The first-order valence-electron chi connectivity index (χ1n) is 6.24. The van der Waals surface area contributed by atoms with Crippen molar-refractivity contribution < 1.29 is 9.47 Å². The Morgan fingerprint density at radius 2 is 1.10 bits per heavy atom. The minimum Gasteiger partial charge on any atom is -0.373 e. The molecule has 0 atom stereocenters. The smallest absolute Gasteiger partial charge is 0.0969 e. The van der Waals surface area contributed by atoms with E-state index in [4.69, 9.17) is 9.47 Å². The lowest BCUT2D eigenvalue weighted by Gasteiger charge is -2.07. The minimum atomic E-state index is 0.383. The SMILES string of the molecule is [CH2]OCc1ccc2ccc3ccc(CO[CH2])nc3c2n1. The van der Waals surface area contributed by atoms with Crippen molar-refractivity contribution in [2.45, 2.75) is 13.2 Å². The largest absolute Gasteiger partial charge is 0.373 e. The Morgan fingerprint density at radius 1 is 0.700 bits per heavy atom. The number of pyridine rings is 2. The van der Waals surface area contributed by atoms with Gasteiger partial charge in [0, 0.05) is 10.8 Å². The Morgan fingerprint density at radius 3 is 1.50 bits per heavy atom. The Balaban J connectivity index is 2.24. The maximum atomic E-state index is 4.89. The summed E-state index contributed by atoms with van der Waals surface area (Å²) in [5.41, 5.74) is 3.40. The van der Waals surface area contributed by atoms with Crippen LogP contribution in [-0.2, 0) is 22.7 Å². The fourth-order valence-corrected chi connectivity index (χ4v) is 2.22. The van der Waals surface area contributed by atoms with Crippen LogP contribution in [0.4, 0.5) is 0 Å². The lowest BCUT2D eigenvalue weighted by atomic mass is 10.1. The van der Waals surface area contributed by atoms with E-state index < -0.39 is 0 Å². The predicted octanol–water partition coefficient (Wildman–Crippen LogP) is 3.40. The molecule has 0 bridgehead atoms. The second-order valence-electron chi connectivity index (χ2n) is 4.51. The number of ether oxygens (including phenoxy) is 2. The van der Waals surface area contributed by atoms with Crippen molar-refractivity contribution in [3.63, 3.8) is 0 Å². The van der Waals surface area contributed by atoms with Crippen LogP contribution in [0.15, 0.2) is 36.4 Å². The van der Waals surface area contributed by atoms with Crippen molar-refractivity contribution in [2.75, 3.05) is 0 Å². The summed E-state index contributed by atoms with van der Waals surface area (Å²) in [7, 11) is 6.77. The van der Waals surface area contributed by atoms with Gasteiger partial charge >= 0.3 is 0 Å². The Bertz CT molecular complexity index is 691. The molecule has 0 saturated heterocycles. The fourth-order valence-electron chi connectivity index (χ4n) is 2.22. The van der Waals surface area contributed by atoms with Gasteiger partial charge < -0.3 is 9.47 Å². The number of hydrogen-bond donors (Lipinski definition) is 0. The van der Waals surface area contributed by atoms with Crippen LogP contribution < -0.4 is 0 Å². The summed E-state index contributed by atoms with van der Waals surface area (Å²) in [4.78, 5) is 9.22. The molecule has 0 fully saturated rings. The zero-order valence-electron chi connectivity index (χ0n) is 11.0. The highest BCUT2D eigenvalue weighted by atomic mass is 16.5. The van der Waals surface area contributed by atoms with Gasteiger partial charge in [-0.15, -0.1) is 0 Å². The van der Waals surface area contributed by atoms with Gasteiger partial charge in [-0.25, -0.2) is 9.97 Å². The molecule has 2 aromatic heterocycles. The molecule has 0 N–H and O–H groups in total. The molecule has 3 aromatic rings. The van der Waals surface area contributed by atoms with Crippen LogP contribution >= 0.6 is 0 Å². The van der Waals surface area contributed by atoms with Crippen molar-refractivity contribution in [1.82, 2.24) is 9.97 Å². The monoisotopic (exact) mass is 266 g/mol. The molecule has 4 nitrogen and oxygen atoms in total. The van der Waals surface area contributed by atoms with Gasteiger partial charge in [-0.1, -0.05) is 24.3 Å². The van der Waals surface area contributed by atoms with Gasteiger partial charge in [0.05, 0.1) is 49.9 Å². The third-order valence-electron chi connectivity index (χ3n) is 3.13. The Labute approximate surface area is 117 Å². The van der Waals surface area contributed by atoms with E-state index in [-0.39, 0.29) is 0 Å². The van der Waals surface area contributed by atoms with Gasteiger partial charge in [-0.2, -0.15) is 0 Å². The van der Waals surface area contributed by atoms with Crippen LogP contribution in [0.2, 0.25) is 0 Å². The van der Waals surface area contributed by atoms with E-state index in [0.717, 1.165) is 33.2 Å². The average molecular weight is 266 g/mol. The Kier molecular flexibility index (Phi) is 3.58. The van der Waals surface area contributed by atoms with E-state index in [0.29, 0.717) is 13.2 Å². The topological polar surface area (TPSA) is 44.2 Å². The zero-order chi connectivity index (χ0) is 13.9. The Hall–Kier alpha value is -2.04. The third kappa shape index (κ3) is 2.35. The molecule has 0 aliphatic rings. The molecular weight excluding hydrogens is 252 g/mol. The third-order valence-corrected chi connectivity index (χ3v) is 3.13. The van der Waals surface area contributed by atoms with Gasteiger partial charge in [-0.05, 0) is 12.1 Å². The number of nitrogens with zero attached hydrogens (tertiary/aromatic N) is 2. The molecule has 1 aromatic carbocycles. The summed E-state index contributed by atoms with van der Waals surface area (Å²) >= 11 is 0. The summed E-state index contributed by atoms with van der Waals surface area (Å²) < 4.78 is 9.78. The van der Waals surface area contributed by atoms with Crippen molar-refractivity contribution in [3.8, 4) is 0 Å². The second kappa shape index (κ2) is 5.53. The average Bonchev–Trinajstić information content (AvgIpc) is 2.48. The molecule has 100 valence electrons. The molecule has 0 saturated carbocycles. The quantitative estimate of drug-likeness (QED) is 0.679. The van der Waals surface area contributed by atoms with Crippen LogP contribution in [-0.4, -0.2) is 9.97 Å². The van der Waals surface area contributed by atoms with Crippen LogP contribution in [0.3, 0.4) is 0 Å². The molecule has 20 heavy (non-hydrogen) atoms. The van der Waals surface area contributed by atoms with Crippen LogP contribution in [0.25, 0.3) is 21.8 Å². The summed E-state index contributed by atoms with van der Waals surface area (Å²) in [5, 5.41) is 2.09. The second-order valence-corrected chi connectivity index (χ2v) is 4.51. The molecule has 2 radical (unpaired) electrons. The highest BCUT2D eigenvalue weighted by Crippen LogP contribution is 2.23. The van der Waals surface area contributed by atoms with Gasteiger partial charge in [0.2, 0.25) is 0 Å². The number of benzene rings is 1. The van der Waals surface area contributed by atoms with Gasteiger partial charge in [0.1, 0.15) is 0 Å². The van der Waals surface area contributed by atoms with E-state index >= 15 is 0 Å². The summed E-state index contributed by atoms with van der Waals surface area (Å²) in [6.07, 6.45) is 0. The van der Waals surface area contributed by atoms with Gasteiger partial charge in [0.15, 0.2) is 0 Å². The van der Waals surface area contributed by atoms with Crippen LogP contribution in [0.1, 0.15) is 11.4 Å². The lowest BCUT2D eigenvalue weighted by molar-refractivity contribution is 0.225. The summed E-state index contributed by atoms with van der Waals surface area (Å²) in [6, 6.07) is 12.0. The maximum Gasteiger partial charge on any atom is 0.0969 e. The first kappa shape index (κ1) is 13.0. The van der Waals surface area contributed by atoms with E-state index in [2.05, 4.69) is 24.2 Å². The first-order valence-corrected chi connectivity index (χ1v) is 6.24. The first-order chi connectivity index (χ1) is 9.81. The molecule has 2 heterocycles. The molecular formula is C16H14N2O2. The number of aromatic nitrogens is 2. The van der Waals surface area contributed by atoms with E-state index in [9.17, 15) is 0 Å². The van der Waals surface area contributed by atoms with Crippen molar-refractivity contribution in [1.29, 1.82) is 0 Å². The van der Waals surface area contributed by atoms with E-state index in [1.54, 1.807) is 0 Å². The summed E-state index contributed by atoms with van der Waals surface area (Å²) in [5.74, 6) is 0. The van der Waals surface area contributed by atoms with Crippen LogP contribution in [0.5, 0.6) is 0 Å². The fraction of sp³-hybridized carbons (Fsp3) is 0.125. The van der Waals surface area contributed by atoms with Gasteiger partial charge in [-0.3, -0.25) is 0 Å². The molecule has 0 spiro atoms.